The zero-order valence-corrected chi connectivity index (χ0v) is 15.2. The van der Waals surface area contributed by atoms with E-state index in [4.69, 9.17) is 4.74 Å². The van der Waals surface area contributed by atoms with Gasteiger partial charge >= 0.3 is 0 Å². The van der Waals surface area contributed by atoms with E-state index in [2.05, 4.69) is 15.9 Å². The molecule has 3 aromatic rings. The van der Waals surface area contributed by atoms with Crippen LogP contribution < -0.4 is 4.74 Å². The molecule has 2 aromatic carbocycles. The molecule has 0 bridgehead atoms. The molecule has 0 unspecified atom stereocenters. The molecule has 0 aliphatic heterocycles. The lowest BCUT2D eigenvalue weighted by Gasteiger charge is -2.06. The molecule has 4 heteroatoms. The average Bonchev–Trinajstić information content (AvgIpc) is 3.06. The number of hydrogen-bond acceptors (Lipinski definition) is 3. The summed E-state index contributed by atoms with van der Waals surface area (Å²) in [4.78, 5) is 12.8. The molecular formula is C20H15BrO2S. The van der Waals surface area contributed by atoms with E-state index < -0.39 is 0 Å². The summed E-state index contributed by atoms with van der Waals surface area (Å²) in [5.74, 6) is 0.819. The number of ketones is 1. The molecule has 0 aliphatic rings. The van der Waals surface area contributed by atoms with Gasteiger partial charge in [0.1, 0.15) is 12.4 Å². The Labute approximate surface area is 153 Å². The summed E-state index contributed by atoms with van der Waals surface area (Å²) in [7, 11) is 0. The predicted octanol–water partition coefficient (Wildman–Crippen LogP) is 5.99. The monoisotopic (exact) mass is 398 g/mol. The largest absolute Gasteiger partial charge is 0.489 e. The molecule has 0 saturated carbocycles. The van der Waals surface area contributed by atoms with Crippen LogP contribution in [0.1, 0.15) is 20.8 Å². The third kappa shape index (κ3) is 4.66. The van der Waals surface area contributed by atoms with E-state index in [-0.39, 0.29) is 5.78 Å². The van der Waals surface area contributed by atoms with Crippen molar-refractivity contribution in [3.8, 4) is 5.75 Å². The van der Waals surface area contributed by atoms with Crippen molar-refractivity contribution >= 4 is 39.1 Å². The van der Waals surface area contributed by atoms with Gasteiger partial charge in [-0.25, -0.2) is 0 Å². The van der Waals surface area contributed by atoms with E-state index in [0.29, 0.717) is 6.61 Å². The van der Waals surface area contributed by atoms with E-state index in [1.807, 2.05) is 72.1 Å². The molecule has 0 saturated heterocycles. The van der Waals surface area contributed by atoms with Crippen LogP contribution in [0.2, 0.25) is 0 Å². The Balaban J connectivity index is 1.58. The lowest BCUT2D eigenvalue weighted by atomic mass is 10.2. The zero-order chi connectivity index (χ0) is 16.8. The van der Waals surface area contributed by atoms with Crippen molar-refractivity contribution < 1.29 is 9.53 Å². The van der Waals surface area contributed by atoms with Gasteiger partial charge in [-0.05, 0) is 51.3 Å². The Morgan fingerprint density at radius 1 is 1.08 bits per heavy atom. The third-order valence-corrected chi connectivity index (χ3v) is 5.07. The highest BCUT2D eigenvalue weighted by atomic mass is 79.9. The fourth-order valence-corrected chi connectivity index (χ4v) is 3.46. The van der Waals surface area contributed by atoms with Gasteiger partial charge in [0.05, 0.1) is 4.88 Å². The van der Waals surface area contributed by atoms with Crippen LogP contribution >= 0.6 is 27.3 Å². The van der Waals surface area contributed by atoms with Crippen LogP contribution in [0.3, 0.4) is 0 Å². The maximum absolute atomic E-state index is 12.0. The normalized spacial score (nSPS) is 10.9. The van der Waals surface area contributed by atoms with E-state index in [1.54, 1.807) is 6.08 Å². The number of rotatable bonds is 6. The molecule has 1 heterocycles. The van der Waals surface area contributed by atoms with Gasteiger partial charge in [-0.15, -0.1) is 11.3 Å². The molecule has 0 amide bonds. The molecule has 120 valence electrons. The van der Waals surface area contributed by atoms with Crippen LogP contribution in [0.25, 0.3) is 6.08 Å². The summed E-state index contributed by atoms with van der Waals surface area (Å²) in [5.41, 5.74) is 2.10. The molecule has 1 aromatic heterocycles. The van der Waals surface area contributed by atoms with Crippen LogP contribution in [0, 0.1) is 0 Å². The first kappa shape index (κ1) is 16.7. The van der Waals surface area contributed by atoms with E-state index in [0.717, 1.165) is 26.2 Å². The smallest absolute Gasteiger partial charge is 0.195 e. The molecule has 3 rings (SSSR count). The first-order valence-corrected chi connectivity index (χ1v) is 9.11. The van der Waals surface area contributed by atoms with Crippen molar-refractivity contribution in [2.45, 2.75) is 6.61 Å². The summed E-state index contributed by atoms with van der Waals surface area (Å²) in [6, 6.07) is 19.6. The number of thiophene rings is 1. The molecule has 0 fully saturated rings. The Kier molecular flexibility index (Phi) is 5.62. The minimum absolute atomic E-state index is 0.00936. The van der Waals surface area contributed by atoms with Gasteiger partial charge in [0.25, 0.3) is 0 Å². The lowest BCUT2D eigenvalue weighted by Crippen LogP contribution is -1.94. The lowest BCUT2D eigenvalue weighted by molar-refractivity contribution is 0.105. The second-order valence-corrected chi connectivity index (χ2v) is 7.00. The maximum atomic E-state index is 12.0. The maximum Gasteiger partial charge on any atom is 0.195 e. The molecule has 0 atom stereocenters. The van der Waals surface area contributed by atoms with E-state index in [1.165, 1.54) is 11.3 Å². The van der Waals surface area contributed by atoms with Crippen LogP contribution in [0.15, 0.2) is 76.6 Å². The Hall–Kier alpha value is -2.17. The van der Waals surface area contributed by atoms with Crippen LogP contribution in [-0.2, 0) is 6.61 Å². The van der Waals surface area contributed by atoms with Gasteiger partial charge in [-0.3, -0.25) is 4.79 Å². The van der Waals surface area contributed by atoms with Crippen LogP contribution in [0.5, 0.6) is 5.75 Å². The summed E-state index contributed by atoms with van der Waals surface area (Å²) in [5, 5.41) is 1.90. The summed E-state index contributed by atoms with van der Waals surface area (Å²) in [6.07, 6.45) is 3.41. The van der Waals surface area contributed by atoms with Crippen LogP contribution in [-0.4, -0.2) is 5.78 Å². The standard InChI is InChI=1S/C20H15BrO2S/c21-17-12-20(24-14-17)19(22)11-8-15-6-9-18(10-7-15)23-13-16-4-2-1-3-5-16/h1-12,14H,13H2/b11-8+. The highest BCUT2D eigenvalue weighted by Gasteiger charge is 2.04. The second-order valence-electron chi connectivity index (χ2n) is 5.17. The van der Waals surface area contributed by atoms with E-state index in [9.17, 15) is 4.79 Å². The topological polar surface area (TPSA) is 26.3 Å². The van der Waals surface area contributed by atoms with Gasteiger partial charge < -0.3 is 4.74 Å². The molecule has 0 N–H and O–H groups in total. The van der Waals surface area contributed by atoms with Crippen molar-refractivity contribution in [1.82, 2.24) is 0 Å². The number of halogens is 1. The fraction of sp³-hybridized carbons (Fsp3) is 0.0500. The molecular weight excluding hydrogens is 384 g/mol. The summed E-state index contributed by atoms with van der Waals surface area (Å²) < 4.78 is 6.68. The van der Waals surface area contributed by atoms with Crippen molar-refractivity contribution in [1.29, 1.82) is 0 Å². The Morgan fingerprint density at radius 3 is 2.50 bits per heavy atom. The first-order chi connectivity index (χ1) is 11.7. The SMILES string of the molecule is O=C(/C=C/c1ccc(OCc2ccccc2)cc1)c1cc(Br)cs1. The minimum Gasteiger partial charge on any atom is -0.489 e. The minimum atomic E-state index is 0.00936. The molecule has 2 nitrogen and oxygen atoms in total. The third-order valence-electron chi connectivity index (χ3n) is 3.37. The summed E-state index contributed by atoms with van der Waals surface area (Å²) in [6.45, 7) is 0.543. The molecule has 0 radical (unpaired) electrons. The number of benzene rings is 2. The van der Waals surface area contributed by atoms with Gasteiger partial charge in [-0.1, -0.05) is 48.5 Å². The van der Waals surface area contributed by atoms with E-state index >= 15 is 0 Å². The number of carbonyl (C=O) groups is 1. The Bertz CT molecular complexity index is 836. The van der Waals surface area contributed by atoms with Crippen molar-refractivity contribution in [2.24, 2.45) is 0 Å². The van der Waals surface area contributed by atoms with Crippen molar-refractivity contribution in [3.05, 3.63) is 92.6 Å². The Morgan fingerprint density at radius 2 is 1.83 bits per heavy atom. The van der Waals surface area contributed by atoms with Gasteiger partial charge in [0.2, 0.25) is 0 Å². The van der Waals surface area contributed by atoms with Crippen molar-refractivity contribution in [3.63, 3.8) is 0 Å². The highest BCUT2D eigenvalue weighted by Crippen LogP contribution is 2.21. The van der Waals surface area contributed by atoms with Gasteiger partial charge in [0, 0.05) is 9.85 Å². The number of carbonyl (C=O) groups excluding carboxylic acids is 1. The first-order valence-electron chi connectivity index (χ1n) is 7.44. The second kappa shape index (κ2) is 8.08. The molecule has 0 aliphatic carbocycles. The van der Waals surface area contributed by atoms with Crippen LogP contribution in [0.4, 0.5) is 0 Å². The average molecular weight is 399 g/mol. The number of hydrogen-bond donors (Lipinski definition) is 0. The number of allylic oxidation sites excluding steroid dienone is 1. The van der Waals surface area contributed by atoms with Crippen molar-refractivity contribution in [2.75, 3.05) is 0 Å². The highest BCUT2D eigenvalue weighted by molar-refractivity contribution is 9.10. The molecule has 24 heavy (non-hydrogen) atoms. The summed E-state index contributed by atoms with van der Waals surface area (Å²) >= 11 is 4.79. The molecule has 0 spiro atoms. The fourth-order valence-electron chi connectivity index (χ4n) is 2.11. The zero-order valence-electron chi connectivity index (χ0n) is 12.8. The van der Waals surface area contributed by atoms with Gasteiger partial charge in [-0.2, -0.15) is 0 Å². The van der Waals surface area contributed by atoms with Gasteiger partial charge in [0.15, 0.2) is 5.78 Å². The quantitative estimate of drug-likeness (QED) is 0.376. The predicted molar refractivity (Wildman–Crippen MR) is 103 cm³/mol. The number of ether oxygens (including phenoxy) is 1.